The Morgan fingerprint density at radius 1 is 1.67 bits per heavy atom. The second-order valence-corrected chi connectivity index (χ2v) is 3.41. The van der Waals surface area contributed by atoms with Gasteiger partial charge in [0.15, 0.2) is 0 Å². The molecular weight excluding hydrogens is 152 g/mol. The van der Waals surface area contributed by atoms with Gasteiger partial charge in [-0.1, -0.05) is 0 Å². The summed E-state index contributed by atoms with van der Waals surface area (Å²) < 4.78 is 0. The monoisotopic (exact) mass is 172 g/mol. The van der Waals surface area contributed by atoms with E-state index >= 15 is 0 Å². The van der Waals surface area contributed by atoms with Crippen LogP contribution in [0.1, 0.15) is 13.3 Å². The van der Waals surface area contributed by atoms with E-state index in [1.807, 2.05) is 6.92 Å². The number of hydrogen-bond donors (Lipinski definition) is 3. The maximum Gasteiger partial charge on any atom is 0.0546 e. The molecule has 1 heterocycles. The summed E-state index contributed by atoms with van der Waals surface area (Å²) in [6, 6.07) is 0.531. The highest BCUT2D eigenvalue weighted by Crippen LogP contribution is 2.07. The molecule has 0 amide bonds. The van der Waals surface area contributed by atoms with E-state index in [4.69, 9.17) is 11.5 Å². The zero-order chi connectivity index (χ0) is 8.97. The largest absolute Gasteiger partial charge is 0.330 e. The first-order valence-electron chi connectivity index (χ1n) is 4.68. The molecule has 0 aliphatic carbocycles. The van der Waals surface area contributed by atoms with Crippen molar-refractivity contribution in [3.63, 3.8) is 0 Å². The maximum absolute atomic E-state index is 5.85. The van der Waals surface area contributed by atoms with E-state index < -0.39 is 0 Å². The van der Waals surface area contributed by atoms with E-state index in [9.17, 15) is 0 Å². The van der Waals surface area contributed by atoms with Crippen LogP contribution in [0.3, 0.4) is 0 Å². The zero-order valence-electron chi connectivity index (χ0n) is 7.79. The SMILES string of the molecule is CC(N)N1CCNCC1CCN. The molecule has 0 saturated carbocycles. The van der Waals surface area contributed by atoms with E-state index in [1.54, 1.807) is 0 Å². The third-order valence-electron chi connectivity index (χ3n) is 2.42. The first-order chi connectivity index (χ1) is 5.75. The third-order valence-corrected chi connectivity index (χ3v) is 2.42. The molecule has 2 atom stereocenters. The molecule has 0 radical (unpaired) electrons. The lowest BCUT2D eigenvalue weighted by molar-refractivity contribution is 0.113. The van der Waals surface area contributed by atoms with Gasteiger partial charge in [-0.3, -0.25) is 4.90 Å². The first kappa shape index (κ1) is 9.92. The average Bonchev–Trinajstić information content (AvgIpc) is 2.05. The van der Waals surface area contributed by atoms with E-state index in [2.05, 4.69) is 10.2 Å². The molecule has 5 N–H and O–H groups in total. The molecular formula is C8H20N4. The molecule has 1 saturated heterocycles. The Morgan fingerprint density at radius 2 is 2.42 bits per heavy atom. The predicted molar refractivity (Wildman–Crippen MR) is 50.7 cm³/mol. The molecule has 12 heavy (non-hydrogen) atoms. The van der Waals surface area contributed by atoms with Crippen LogP contribution in [0, 0.1) is 0 Å². The van der Waals surface area contributed by atoms with Gasteiger partial charge >= 0.3 is 0 Å². The molecule has 1 aliphatic rings. The smallest absolute Gasteiger partial charge is 0.0546 e. The molecule has 1 fully saturated rings. The summed E-state index contributed by atoms with van der Waals surface area (Å²) in [5, 5.41) is 3.35. The Bertz CT molecular complexity index is 124. The highest BCUT2D eigenvalue weighted by Gasteiger charge is 2.23. The summed E-state index contributed by atoms with van der Waals surface area (Å²) in [6.45, 7) is 5.90. The summed E-state index contributed by atoms with van der Waals surface area (Å²) in [4.78, 5) is 2.32. The first-order valence-corrected chi connectivity index (χ1v) is 4.68. The van der Waals surface area contributed by atoms with Crippen LogP contribution in [0.25, 0.3) is 0 Å². The zero-order valence-corrected chi connectivity index (χ0v) is 7.79. The second kappa shape index (κ2) is 4.77. The molecule has 0 aromatic heterocycles. The van der Waals surface area contributed by atoms with E-state index in [-0.39, 0.29) is 6.17 Å². The summed E-state index contributed by atoms with van der Waals surface area (Å²) in [6.07, 6.45) is 1.19. The van der Waals surface area contributed by atoms with Gasteiger partial charge in [0.25, 0.3) is 0 Å². The van der Waals surface area contributed by atoms with Gasteiger partial charge < -0.3 is 16.8 Å². The topological polar surface area (TPSA) is 67.3 Å². The van der Waals surface area contributed by atoms with Gasteiger partial charge in [-0.2, -0.15) is 0 Å². The molecule has 0 spiro atoms. The third kappa shape index (κ3) is 2.42. The maximum atomic E-state index is 5.85. The van der Waals surface area contributed by atoms with Gasteiger partial charge in [0.2, 0.25) is 0 Å². The molecule has 0 bridgehead atoms. The molecule has 4 nitrogen and oxygen atoms in total. The Kier molecular flexibility index (Phi) is 3.94. The van der Waals surface area contributed by atoms with Crippen molar-refractivity contribution in [2.45, 2.75) is 25.6 Å². The van der Waals surface area contributed by atoms with Crippen LogP contribution in [0.5, 0.6) is 0 Å². The Balaban J connectivity index is 2.42. The van der Waals surface area contributed by atoms with Crippen molar-refractivity contribution in [1.29, 1.82) is 0 Å². The molecule has 0 aromatic carbocycles. The van der Waals surface area contributed by atoms with Crippen LogP contribution in [-0.2, 0) is 0 Å². The summed E-state index contributed by atoms with van der Waals surface area (Å²) in [7, 11) is 0. The fourth-order valence-corrected chi connectivity index (χ4v) is 1.77. The molecule has 4 heteroatoms. The van der Waals surface area contributed by atoms with Crippen molar-refractivity contribution < 1.29 is 0 Å². The Morgan fingerprint density at radius 3 is 3.00 bits per heavy atom. The van der Waals surface area contributed by atoms with Crippen molar-refractivity contribution in [3.05, 3.63) is 0 Å². The Hall–Kier alpha value is -0.160. The van der Waals surface area contributed by atoms with Crippen molar-refractivity contribution in [2.24, 2.45) is 11.5 Å². The highest BCUT2D eigenvalue weighted by molar-refractivity contribution is 4.81. The average molecular weight is 172 g/mol. The minimum atomic E-state index is 0.156. The fourth-order valence-electron chi connectivity index (χ4n) is 1.77. The van der Waals surface area contributed by atoms with Gasteiger partial charge in [0, 0.05) is 25.7 Å². The van der Waals surface area contributed by atoms with Crippen LogP contribution in [0.2, 0.25) is 0 Å². The number of nitrogens with zero attached hydrogens (tertiary/aromatic N) is 1. The Labute approximate surface area is 74.3 Å². The van der Waals surface area contributed by atoms with Crippen LogP contribution in [0.4, 0.5) is 0 Å². The van der Waals surface area contributed by atoms with Crippen LogP contribution < -0.4 is 16.8 Å². The fraction of sp³-hybridized carbons (Fsp3) is 1.00. The molecule has 1 aliphatic heterocycles. The van der Waals surface area contributed by atoms with Crippen molar-refractivity contribution in [1.82, 2.24) is 10.2 Å². The standard InChI is InChI=1S/C8H20N4/c1-7(10)12-5-4-11-6-8(12)2-3-9/h7-8,11H,2-6,9-10H2,1H3. The number of nitrogens with two attached hydrogens (primary N) is 2. The van der Waals surface area contributed by atoms with Gasteiger partial charge in [-0.05, 0) is 19.9 Å². The van der Waals surface area contributed by atoms with E-state index in [1.165, 1.54) is 0 Å². The van der Waals surface area contributed by atoms with Crippen molar-refractivity contribution >= 4 is 0 Å². The second-order valence-electron chi connectivity index (χ2n) is 3.41. The van der Waals surface area contributed by atoms with Crippen LogP contribution in [-0.4, -0.2) is 43.3 Å². The quantitative estimate of drug-likeness (QED) is 0.506. The number of rotatable bonds is 3. The summed E-state index contributed by atoms with van der Waals surface area (Å²) in [5.74, 6) is 0. The predicted octanol–water partition coefficient (Wildman–Crippen LogP) is -1.09. The van der Waals surface area contributed by atoms with E-state index in [0.29, 0.717) is 6.04 Å². The minimum absolute atomic E-state index is 0.156. The minimum Gasteiger partial charge on any atom is -0.330 e. The summed E-state index contributed by atoms with van der Waals surface area (Å²) >= 11 is 0. The lowest BCUT2D eigenvalue weighted by Gasteiger charge is -2.38. The van der Waals surface area contributed by atoms with Gasteiger partial charge in [0.1, 0.15) is 0 Å². The number of hydrogen-bond acceptors (Lipinski definition) is 4. The summed E-state index contributed by atoms with van der Waals surface area (Å²) in [5.41, 5.74) is 11.4. The lowest BCUT2D eigenvalue weighted by Crippen LogP contribution is -2.57. The van der Waals surface area contributed by atoms with Gasteiger partial charge in [0.05, 0.1) is 6.17 Å². The molecule has 0 aromatic rings. The normalized spacial score (nSPS) is 28.8. The molecule has 72 valence electrons. The van der Waals surface area contributed by atoms with Gasteiger partial charge in [-0.25, -0.2) is 0 Å². The highest BCUT2D eigenvalue weighted by atomic mass is 15.3. The number of piperazine rings is 1. The van der Waals surface area contributed by atoms with Crippen molar-refractivity contribution in [2.75, 3.05) is 26.2 Å². The van der Waals surface area contributed by atoms with Crippen LogP contribution in [0.15, 0.2) is 0 Å². The van der Waals surface area contributed by atoms with E-state index in [0.717, 1.165) is 32.6 Å². The lowest BCUT2D eigenvalue weighted by atomic mass is 10.1. The van der Waals surface area contributed by atoms with Crippen LogP contribution >= 0.6 is 0 Å². The molecule has 1 rings (SSSR count). The van der Waals surface area contributed by atoms with Crippen molar-refractivity contribution in [3.8, 4) is 0 Å². The number of nitrogens with one attached hydrogen (secondary N) is 1. The van der Waals surface area contributed by atoms with Gasteiger partial charge in [-0.15, -0.1) is 0 Å². The molecule has 2 unspecified atom stereocenters.